The number of aromatic hydroxyl groups is 2. The molecule has 222 valence electrons. The number of carbonyl (C=O) groups excluding carboxylic acids is 1. The number of aliphatic hydroxyl groups is 1. The van der Waals surface area contributed by atoms with E-state index in [1.807, 2.05) is 58.0 Å². The Morgan fingerprint density at radius 2 is 1.62 bits per heavy atom. The van der Waals surface area contributed by atoms with Crippen LogP contribution in [0.3, 0.4) is 0 Å². The molecule has 0 saturated carbocycles. The number of aliphatic hydroxyl groups excluding tert-OH is 1. The third kappa shape index (κ3) is 5.96. The van der Waals surface area contributed by atoms with Gasteiger partial charge in [-0.1, -0.05) is 64.7 Å². The van der Waals surface area contributed by atoms with Crippen molar-refractivity contribution < 1.29 is 24.9 Å². The second kappa shape index (κ2) is 11.9. The van der Waals surface area contributed by atoms with Gasteiger partial charge in [0.2, 0.25) is 5.90 Å². The smallest absolute Gasteiger partial charge is 0.216 e. The average Bonchev–Trinajstić information content (AvgIpc) is 2.93. The number of fused-ring (bicyclic) bond motifs is 12. The van der Waals surface area contributed by atoms with Crippen molar-refractivity contribution in [3.63, 3.8) is 0 Å². The van der Waals surface area contributed by atoms with Gasteiger partial charge in [0, 0.05) is 40.7 Å². The molecule has 0 saturated heterocycles. The number of ether oxygens (including phenoxy) is 1. The maximum atomic E-state index is 12.8. The van der Waals surface area contributed by atoms with Crippen molar-refractivity contribution in [3.05, 3.63) is 75.8 Å². The Hall–Kier alpha value is -3.64. The van der Waals surface area contributed by atoms with Crippen LogP contribution in [0.5, 0.6) is 17.2 Å². The van der Waals surface area contributed by atoms with E-state index in [4.69, 9.17) is 10.1 Å². The van der Waals surface area contributed by atoms with Crippen LogP contribution in [0.4, 0.5) is 0 Å². The van der Waals surface area contributed by atoms with E-state index in [1.54, 1.807) is 6.07 Å². The van der Waals surface area contributed by atoms with Crippen molar-refractivity contribution in [1.29, 1.82) is 5.41 Å². The van der Waals surface area contributed by atoms with E-state index in [0.717, 1.165) is 83.9 Å². The molecule has 2 aliphatic heterocycles. The Kier molecular flexibility index (Phi) is 8.47. The lowest BCUT2D eigenvalue weighted by molar-refractivity contribution is 0.0972. The topological polar surface area (TPSA) is 111 Å². The number of phenolic OH excluding ortho intramolecular Hbond substituents is 2. The van der Waals surface area contributed by atoms with Gasteiger partial charge in [0.1, 0.15) is 23.4 Å². The molecule has 1 aliphatic carbocycles. The van der Waals surface area contributed by atoms with Crippen molar-refractivity contribution in [2.75, 3.05) is 0 Å². The zero-order valence-corrected chi connectivity index (χ0v) is 25.2. The molecule has 3 aromatic rings. The molecule has 2 atom stereocenters. The summed E-state index contributed by atoms with van der Waals surface area (Å²) < 4.78 is 6.00. The second-order valence-corrected chi connectivity index (χ2v) is 13.0. The number of carbonyl (C=O) groups is 1. The van der Waals surface area contributed by atoms with Crippen molar-refractivity contribution >= 4 is 11.7 Å². The first-order valence-electron chi connectivity index (χ1n) is 15.3. The number of benzene rings is 3. The summed E-state index contributed by atoms with van der Waals surface area (Å²) in [6, 6.07) is 13.3. The molecule has 42 heavy (non-hydrogen) atoms. The molecule has 3 aromatic carbocycles. The van der Waals surface area contributed by atoms with E-state index in [9.17, 15) is 20.1 Å². The van der Waals surface area contributed by atoms with Crippen LogP contribution in [0.15, 0.2) is 42.5 Å². The average molecular weight is 570 g/mol. The van der Waals surface area contributed by atoms with E-state index in [2.05, 4.69) is 6.07 Å². The van der Waals surface area contributed by atoms with Gasteiger partial charge < -0.3 is 20.1 Å². The molecule has 6 nitrogen and oxygen atoms in total. The van der Waals surface area contributed by atoms with Gasteiger partial charge in [-0.15, -0.1) is 0 Å². The van der Waals surface area contributed by atoms with Crippen molar-refractivity contribution in [2.45, 2.75) is 103 Å². The Bertz CT molecular complexity index is 1520. The molecule has 2 heterocycles. The van der Waals surface area contributed by atoms with Gasteiger partial charge in [-0.2, -0.15) is 0 Å². The molecule has 4 N–H and O–H groups in total. The van der Waals surface area contributed by atoms with Crippen molar-refractivity contribution in [2.24, 2.45) is 0 Å². The van der Waals surface area contributed by atoms with E-state index in [0.29, 0.717) is 18.4 Å². The van der Waals surface area contributed by atoms with Gasteiger partial charge in [-0.05, 0) is 78.5 Å². The summed E-state index contributed by atoms with van der Waals surface area (Å²) in [6.07, 6.45) is 6.04. The van der Waals surface area contributed by atoms with E-state index in [1.165, 1.54) is 0 Å². The van der Waals surface area contributed by atoms with Crippen LogP contribution < -0.4 is 4.74 Å². The molecule has 0 fully saturated rings. The number of rotatable bonds is 2. The van der Waals surface area contributed by atoms with E-state index < -0.39 is 6.10 Å². The molecule has 2 bridgehead atoms. The third-order valence-electron chi connectivity index (χ3n) is 8.89. The highest BCUT2D eigenvalue weighted by molar-refractivity contribution is 5.98. The maximum absolute atomic E-state index is 12.8. The summed E-state index contributed by atoms with van der Waals surface area (Å²) >= 11 is 0. The molecule has 6 heteroatoms. The number of hydrogen-bond acceptors (Lipinski definition) is 6. The first kappa shape index (κ1) is 29.8. The molecule has 2 unspecified atom stereocenters. The predicted molar refractivity (Wildman–Crippen MR) is 166 cm³/mol. The summed E-state index contributed by atoms with van der Waals surface area (Å²) in [7, 11) is 0. The molecule has 3 aliphatic rings. The molecule has 6 rings (SSSR count). The van der Waals surface area contributed by atoms with Crippen molar-refractivity contribution in [3.8, 4) is 28.4 Å². The maximum Gasteiger partial charge on any atom is 0.216 e. The Morgan fingerprint density at radius 3 is 2.36 bits per heavy atom. The van der Waals surface area contributed by atoms with Crippen LogP contribution >= 0.6 is 0 Å². The molecule has 0 radical (unpaired) electrons. The number of nitrogens with one attached hydrogen (secondary N) is 1. The van der Waals surface area contributed by atoms with Crippen LogP contribution in [0.2, 0.25) is 0 Å². The van der Waals surface area contributed by atoms with Gasteiger partial charge in [0.25, 0.3) is 0 Å². The summed E-state index contributed by atoms with van der Waals surface area (Å²) in [6.45, 7) is 8.01. The number of phenols is 2. The Labute approximate surface area is 248 Å². The van der Waals surface area contributed by atoms with Gasteiger partial charge in [0.05, 0.1) is 0 Å². The Balaban J connectivity index is 1.75. The fourth-order valence-corrected chi connectivity index (χ4v) is 6.55. The predicted octanol–water partition coefficient (Wildman–Crippen LogP) is 8.09. The minimum absolute atomic E-state index is 0.0596. The van der Waals surface area contributed by atoms with E-state index >= 15 is 0 Å². The summed E-state index contributed by atoms with van der Waals surface area (Å²) in [5.74, 6) is 0.386. The van der Waals surface area contributed by atoms with E-state index in [-0.39, 0.29) is 40.3 Å². The van der Waals surface area contributed by atoms with Crippen LogP contribution in [0, 0.1) is 12.3 Å². The zero-order chi connectivity index (χ0) is 30.2. The summed E-state index contributed by atoms with van der Waals surface area (Å²) in [5.41, 5.74) is 6.36. The van der Waals surface area contributed by atoms with Gasteiger partial charge in [-0.25, -0.2) is 0 Å². The molecule has 0 spiro atoms. The largest absolute Gasteiger partial charge is 0.508 e. The molecule has 0 amide bonds. The summed E-state index contributed by atoms with van der Waals surface area (Å²) in [4.78, 5) is 12.8. The fraction of sp³-hybridized carbons (Fsp3) is 0.444. The van der Waals surface area contributed by atoms with Crippen LogP contribution in [0.25, 0.3) is 11.1 Å². The SMILES string of the molecule is Cc1cc(-c2cc3c(O)cc2OC(=N)C(O)CCCCCCC3c2cccc3c2CCCC3=O)cc(C(C)(C)C)c1O. The number of ketones is 1. The lowest BCUT2D eigenvalue weighted by atomic mass is 9.77. The monoisotopic (exact) mass is 569 g/mol. The van der Waals surface area contributed by atoms with Gasteiger partial charge in [-0.3, -0.25) is 10.2 Å². The fourth-order valence-electron chi connectivity index (χ4n) is 6.55. The third-order valence-corrected chi connectivity index (χ3v) is 8.89. The van der Waals surface area contributed by atoms with Crippen LogP contribution in [-0.4, -0.2) is 33.1 Å². The molecule has 0 aromatic heterocycles. The first-order chi connectivity index (χ1) is 20.0. The van der Waals surface area contributed by atoms with Crippen molar-refractivity contribution in [1.82, 2.24) is 0 Å². The second-order valence-electron chi connectivity index (χ2n) is 13.0. The standard InChI is InChI=1S/C36H43NO5/c1-21-17-22(18-29(34(21)41)36(2,3)4)27-19-28-25(23-12-9-14-26-24(23)13-10-16-30(26)38)11-7-5-6-8-15-31(39)35(37)42-33(27)20-32(28)40/h9,12,14,17-20,25,31,37,39-41H,5-8,10-11,13,15-16H2,1-4H3. The molecular formula is C36H43NO5. The first-order valence-corrected chi connectivity index (χ1v) is 15.3. The minimum atomic E-state index is -1.03. The summed E-state index contributed by atoms with van der Waals surface area (Å²) in [5, 5.41) is 41.6. The number of hydrogen-bond donors (Lipinski definition) is 4. The normalized spacial score (nSPS) is 20.1. The lowest BCUT2D eigenvalue weighted by Crippen LogP contribution is -2.25. The highest BCUT2D eigenvalue weighted by Gasteiger charge is 2.29. The number of aryl methyl sites for hydroxylation is 1. The highest BCUT2D eigenvalue weighted by atomic mass is 16.5. The van der Waals surface area contributed by atoms with Gasteiger partial charge in [0.15, 0.2) is 5.78 Å². The van der Waals surface area contributed by atoms with Crippen LogP contribution in [-0.2, 0) is 11.8 Å². The lowest BCUT2D eigenvalue weighted by Gasteiger charge is -2.27. The molecular weight excluding hydrogens is 526 g/mol. The quantitative estimate of drug-likeness (QED) is 0.249. The Morgan fingerprint density at radius 1 is 0.881 bits per heavy atom. The number of Topliss-reactive ketones (excluding diaryl/α,β-unsaturated/α-hetero) is 1. The minimum Gasteiger partial charge on any atom is -0.508 e. The van der Waals surface area contributed by atoms with Gasteiger partial charge >= 0.3 is 0 Å². The highest BCUT2D eigenvalue weighted by Crippen LogP contribution is 2.46. The zero-order valence-electron chi connectivity index (χ0n) is 25.2. The van der Waals surface area contributed by atoms with Crippen LogP contribution in [0.1, 0.15) is 116 Å².